The van der Waals surface area contributed by atoms with E-state index in [2.05, 4.69) is 205 Å². The van der Waals surface area contributed by atoms with Crippen molar-refractivity contribution >= 4 is 91.9 Å². The number of benzene rings is 10. The lowest BCUT2D eigenvalue weighted by atomic mass is 9.93. The number of anilines is 3. The molecular formula is C56H35N3S. The normalized spacial score (nSPS) is 11.7. The van der Waals surface area contributed by atoms with E-state index in [0.29, 0.717) is 0 Å². The summed E-state index contributed by atoms with van der Waals surface area (Å²) >= 11 is 1.85. The lowest BCUT2D eigenvalue weighted by Gasteiger charge is -2.27. The van der Waals surface area contributed by atoms with Gasteiger partial charge >= 0.3 is 0 Å². The van der Waals surface area contributed by atoms with E-state index in [0.717, 1.165) is 72.2 Å². The standard InChI is InChI=1S/C56H35N3S/c1-4-14-37(15-5-1)54-55(38-16-6-2-7-17-38)58-56-49(57-54)31-27-36-24-25-40-34-39(26-29-44(40)53(36)56)43-30-32-50(46-21-11-10-20-45(43)46)59(41-18-8-3-9-19-41)42-28-33-52-48(35-42)47-22-12-13-23-51(47)60-52/h1-35H. The van der Waals surface area contributed by atoms with Crippen molar-refractivity contribution in [3.63, 3.8) is 0 Å². The quantitative estimate of drug-likeness (QED) is 0.157. The van der Waals surface area contributed by atoms with E-state index < -0.39 is 0 Å². The van der Waals surface area contributed by atoms with Crippen LogP contribution in [0.5, 0.6) is 0 Å². The Morgan fingerprint density at radius 1 is 0.367 bits per heavy atom. The summed E-state index contributed by atoms with van der Waals surface area (Å²) in [5.74, 6) is 0. The third-order valence-electron chi connectivity index (χ3n) is 11.8. The Bertz CT molecular complexity index is 3600. The zero-order chi connectivity index (χ0) is 39.6. The first-order valence-corrected chi connectivity index (χ1v) is 21.1. The van der Waals surface area contributed by atoms with Crippen LogP contribution in [-0.4, -0.2) is 9.97 Å². The third kappa shape index (κ3) is 5.65. The molecule has 0 atom stereocenters. The van der Waals surface area contributed by atoms with Crippen LogP contribution >= 0.6 is 11.3 Å². The van der Waals surface area contributed by atoms with Crippen LogP contribution in [0.25, 0.3) is 97.2 Å². The topological polar surface area (TPSA) is 29.0 Å². The second-order valence-corrected chi connectivity index (χ2v) is 16.4. The average Bonchev–Trinajstić information content (AvgIpc) is 3.70. The maximum atomic E-state index is 5.46. The molecule has 0 aliphatic heterocycles. The highest BCUT2D eigenvalue weighted by molar-refractivity contribution is 7.25. The monoisotopic (exact) mass is 781 g/mol. The molecule has 12 rings (SSSR count). The fourth-order valence-electron chi connectivity index (χ4n) is 9.02. The van der Waals surface area contributed by atoms with Crippen molar-refractivity contribution in [2.75, 3.05) is 4.90 Å². The number of hydrogen-bond donors (Lipinski definition) is 0. The van der Waals surface area contributed by atoms with Gasteiger partial charge in [-0.15, -0.1) is 11.3 Å². The molecule has 0 unspecified atom stereocenters. The molecule has 2 aromatic heterocycles. The molecule has 4 heteroatoms. The molecule has 0 aliphatic rings. The number of rotatable bonds is 6. The first-order chi connectivity index (χ1) is 29.7. The summed E-state index contributed by atoms with van der Waals surface area (Å²) in [4.78, 5) is 13.2. The van der Waals surface area contributed by atoms with Crippen LogP contribution in [0.4, 0.5) is 17.1 Å². The molecule has 0 spiro atoms. The predicted octanol–water partition coefficient (Wildman–Crippen LogP) is 15.9. The van der Waals surface area contributed by atoms with Gasteiger partial charge in [0.1, 0.15) is 0 Å². The van der Waals surface area contributed by atoms with E-state index in [9.17, 15) is 0 Å². The largest absolute Gasteiger partial charge is 0.310 e. The molecule has 60 heavy (non-hydrogen) atoms. The van der Waals surface area contributed by atoms with Gasteiger partial charge in [-0.1, -0.05) is 158 Å². The lowest BCUT2D eigenvalue weighted by Crippen LogP contribution is -2.10. The highest BCUT2D eigenvalue weighted by atomic mass is 32.1. The van der Waals surface area contributed by atoms with Gasteiger partial charge < -0.3 is 4.90 Å². The van der Waals surface area contributed by atoms with E-state index in [1.165, 1.54) is 42.1 Å². The highest BCUT2D eigenvalue weighted by Gasteiger charge is 2.20. The maximum absolute atomic E-state index is 5.46. The first kappa shape index (κ1) is 34.4. The van der Waals surface area contributed by atoms with E-state index in [1.807, 2.05) is 23.5 Å². The minimum atomic E-state index is 0.883. The molecular weight excluding hydrogens is 747 g/mol. The van der Waals surface area contributed by atoms with Crippen molar-refractivity contribution in [3.8, 4) is 33.6 Å². The third-order valence-corrected chi connectivity index (χ3v) is 13.0. The number of para-hydroxylation sites is 1. The van der Waals surface area contributed by atoms with Gasteiger partial charge in [0.25, 0.3) is 0 Å². The SMILES string of the molecule is c1ccc(-c2nc3ccc4ccc5cc(-c6ccc(N(c7ccccc7)c7ccc8sc9ccccc9c8c7)c7ccccc67)ccc5c4c3nc2-c2ccccc2)cc1. The fraction of sp³-hybridized carbons (Fsp3) is 0. The summed E-state index contributed by atoms with van der Waals surface area (Å²) in [5.41, 5.74) is 11.4. The van der Waals surface area contributed by atoms with Crippen molar-refractivity contribution in [2.45, 2.75) is 0 Å². The van der Waals surface area contributed by atoms with Crippen LogP contribution in [0.3, 0.4) is 0 Å². The van der Waals surface area contributed by atoms with E-state index >= 15 is 0 Å². The van der Waals surface area contributed by atoms with Crippen molar-refractivity contribution in [1.29, 1.82) is 0 Å². The number of aromatic nitrogens is 2. The van der Waals surface area contributed by atoms with Crippen molar-refractivity contribution in [3.05, 3.63) is 212 Å². The van der Waals surface area contributed by atoms with Crippen molar-refractivity contribution < 1.29 is 0 Å². The number of nitrogens with zero attached hydrogens (tertiary/aromatic N) is 3. The maximum Gasteiger partial charge on any atom is 0.0979 e. The van der Waals surface area contributed by atoms with Gasteiger partial charge in [-0.3, -0.25) is 0 Å². The van der Waals surface area contributed by atoms with E-state index in [1.54, 1.807) is 0 Å². The van der Waals surface area contributed by atoms with Gasteiger partial charge in [0.05, 0.1) is 28.1 Å². The molecule has 0 bridgehead atoms. The van der Waals surface area contributed by atoms with E-state index in [4.69, 9.17) is 9.97 Å². The average molecular weight is 782 g/mol. The number of fused-ring (bicyclic) bond motifs is 9. The Morgan fingerprint density at radius 3 is 1.78 bits per heavy atom. The van der Waals surface area contributed by atoms with Gasteiger partial charge in [-0.25, -0.2) is 9.97 Å². The van der Waals surface area contributed by atoms with Crippen molar-refractivity contribution in [2.24, 2.45) is 0 Å². The molecule has 12 aromatic rings. The molecule has 0 amide bonds. The molecule has 0 saturated carbocycles. The summed E-state index contributed by atoms with van der Waals surface area (Å²) in [6.07, 6.45) is 0. The Hall–Kier alpha value is -7.66. The second kappa shape index (κ2) is 14.0. The fourth-order valence-corrected chi connectivity index (χ4v) is 10.1. The zero-order valence-corrected chi connectivity index (χ0v) is 33.3. The molecule has 0 aliphatic carbocycles. The Labute approximate surface area is 351 Å². The molecule has 2 heterocycles. The Kier molecular flexibility index (Phi) is 8.03. The highest BCUT2D eigenvalue weighted by Crippen LogP contribution is 2.45. The zero-order valence-electron chi connectivity index (χ0n) is 32.5. The second-order valence-electron chi connectivity index (χ2n) is 15.3. The predicted molar refractivity (Wildman–Crippen MR) is 256 cm³/mol. The van der Waals surface area contributed by atoms with Crippen LogP contribution < -0.4 is 4.90 Å². The number of thiophene rings is 1. The molecule has 280 valence electrons. The first-order valence-electron chi connectivity index (χ1n) is 20.3. The van der Waals surface area contributed by atoms with Crippen LogP contribution in [0.2, 0.25) is 0 Å². The van der Waals surface area contributed by atoms with Crippen LogP contribution in [0.15, 0.2) is 212 Å². The Morgan fingerprint density at radius 2 is 1.00 bits per heavy atom. The smallest absolute Gasteiger partial charge is 0.0979 e. The van der Waals surface area contributed by atoms with E-state index in [-0.39, 0.29) is 0 Å². The molecule has 0 saturated heterocycles. The molecule has 3 nitrogen and oxygen atoms in total. The van der Waals surface area contributed by atoms with Crippen LogP contribution in [0.1, 0.15) is 0 Å². The summed E-state index contributed by atoms with van der Waals surface area (Å²) in [5, 5.41) is 9.57. The molecule has 0 fully saturated rings. The van der Waals surface area contributed by atoms with Crippen LogP contribution in [-0.2, 0) is 0 Å². The summed E-state index contributed by atoms with van der Waals surface area (Å²) in [7, 11) is 0. The Balaban J connectivity index is 1.02. The van der Waals surface area contributed by atoms with Gasteiger partial charge in [-0.05, 0) is 87.3 Å². The van der Waals surface area contributed by atoms with Gasteiger partial charge in [0, 0.05) is 53.4 Å². The summed E-state index contributed by atoms with van der Waals surface area (Å²) in [6, 6.07) is 76.2. The summed E-state index contributed by atoms with van der Waals surface area (Å²) < 4.78 is 2.61. The van der Waals surface area contributed by atoms with Crippen molar-refractivity contribution in [1.82, 2.24) is 9.97 Å². The molecule has 10 aromatic carbocycles. The van der Waals surface area contributed by atoms with Gasteiger partial charge in [0.15, 0.2) is 0 Å². The van der Waals surface area contributed by atoms with Crippen LogP contribution in [0, 0.1) is 0 Å². The molecule has 0 N–H and O–H groups in total. The lowest BCUT2D eigenvalue weighted by molar-refractivity contribution is 1.30. The minimum absolute atomic E-state index is 0.883. The van der Waals surface area contributed by atoms with Gasteiger partial charge in [-0.2, -0.15) is 0 Å². The number of hydrogen-bond acceptors (Lipinski definition) is 4. The minimum Gasteiger partial charge on any atom is -0.310 e. The van der Waals surface area contributed by atoms with Gasteiger partial charge in [0.2, 0.25) is 0 Å². The molecule has 0 radical (unpaired) electrons. The summed E-state index contributed by atoms with van der Waals surface area (Å²) in [6.45, 7) is 0.